The maximum absolute atomic E-state index is 14.0. The number of carboxylic acid groups (broad SMARTS) is 1. The highest BCUT2D eigenvalue weighted by Gasteiger charge is 2.37. The number of carbonyl (C=O) groups is 1. The molecule has 0 radical (unpaired) electrons. The van der Waals surface area contributed by atoms with Crippen LogP contribution in [0.2, 0.25) is 0 Å². The molecule has 2 aromatic heterocycles. The summed E-state index contributed by atoms with van der Waals surface area (Å²) in [6, 6.07) is 7.03. The zero-order valence-corrected chi connectivity index (χ0v) is 17.5. The van der Waals surface area contributed by atoms with Crippen LogP contribution in [0.1, 0.15) is 28.4 Å². The number of aromatic carboxylic acids is 1. The van der Waals surface area contributed by atoms with Gasteiger partial charge in [0.2, 0.25) is 0 Å². The minimum Gasteiger partial charge on any atom is -0.545 e. The van der Waals surface area contributed by atoms with E-state index >= 15 is 0 Å². The van der Waals surface area contributed by atoms with E-state index < -0.39 is 52.4 Å². The second-order valence-corrected chi connectivity index (χ2v) is 7.35. The molecule has 0 saturated heterocycles. The van der Waals surface area contributed by atoms with Crippen molar-refractivity contribution >= 4 is 17.0 Å². The number of alkyl halides is 3. The predicted molar refractivity (Wildman–Crippen MR) is 110 cm³/mol. The van der Waals surface area contributed by atoms with E-state index in [1.165, 1.54) is 12.1 Å². The SMILES string of the molecule is CCn1cnc2cc(-n3cc(C(=O)[O-])c(=O)n(Cc4cccc(F)c4C(F)(F)F)c3=O)ccc21. The Balaban J connectivity index is 1.94. The van der Waals surface area contributed by atoms with Gasteiger partial charge >= 0.3 is 11.9 Å². The van der Waals surface area contributed by atoms with Crippen LogP contribution >= 0.6 is 0 Å². The van der Waals surface area contributed by atoms with Crippen LogP contribution < -0.4 is 16.4 Å². The molecule has 34 heavy (non-hydrogen) atoms. The van der Waals surface area contributed by atoms with Gasteiger partial charge in [0.25, 0.3) is 5.56 Å². The molecule has 0 aliphatic rings. The lowest BCUT2D eigenvalue weighted by Crippen LogP contribution is -2.44. The molecule has 8 nitrogen and oxygen atoms in total. The first-order chi connectivity index (χ1) is 16.0. The van der Waals surface area contributed by atoms with Crippen molar-refractivity contribution in [2.75, 3.05) is 0 Å². The number of fused-ring (bicyclic) bond motifs is 1. The van der Waals surface area contributed by atoms with E-state index in [1.807, 2.05) is 11.5 Å². The second-order valence-electron chi connectivity index (χ2n) is 7.35. The minimum atomic E-state index is -5.11. The number of rotatable bonds is 5. The Morgan fingerprint density at radius 3 is 2.53 bits per heavy atom. The quantitative estimate of drug-likeness (QED) is 0.411. The molecule has 0 N–H and O–H groups in total. The number of hydrogen-bond acceptors (Lipinski definition) is 5. The Kier molecular flexibility index (Phi) is 5.59. The van der Waals surface area contributed by atoms with Crippen LogP contribution in [0.4, 0.5) is 17.6 Å². The third-order valence-corrected chi connectivity index (χ3v) is 5.33. The molecular formula is C22H15F4N4O4-. The number of benzene rings is 2. The van der Waals surface area contributed by atoms with Crippen molar-refractivity contribution in [1.82, 2.24) is 18.7 Å². The molecule has 0 aliphatic carbocycles. The number of halogens is 4. The number of carbonyl (C=O) groups excluding carboxylic acids is 1. The monoisotopic (exact) mass is 475 g/mol. The Hall–Kier alpha value is -4.22. The van der Waals surface area contributed by atoms with Crippen LogP contribution in [0.15, 0.2) is 58.5 Å². The first kappa shape index (κ1) is 23.0. The van der Waals surface area contributed by atoms with E-state index in [1.54, 1.807) is 12.4 Å². The average Bonchev–Trinajstić information content (AvgIpc) is 3.18. The van der Waals surface area contributed by atoms with Crippen LogP contribution in [0.25, 0.3) is 16.7 Å². The first-order valence-electron chi connectivity index (χ1n) is 9.90. The summed E-state index contributed by atoms with van der Waals surface area (Å²) in [5.74, 6) is -3.52. The molecule has 0 saturated carbocycles. The van der Waals surface area contributed by atoms with Gasteiger partial charge in [0.05, 0.1) is 46.7 Å². The van der Waals surface area contributed by atoms with Crippen molar-refractivity contribution in [3.63, 3.8) is 0 Å². The summed E-state index contributed by atoms with van der Waals surface area (Å²) in [6.07, 6.45) is -2.81. The molecule has 4 aromatic rings. The highest BCUT2D eigenvalue weighted by molar-refractivity contribution is 5.85. The Bertz CT molecular complexity index is 1550. The fraction of sp³-hybridized carbons (Fsp3) is 0.182. The van der Waals surface area contributed by atoms with Crippen molar-refractivity contribution in [1.29, 1.82) is 0 Å². The van der Waals surface area contributed by atoms with Gasteiger partial charge in [-0.3, -0.25) is 13.9 Å². The van der Waals surface area contributed by atoms with E-state index in [0.29, 0.717) is 22.7 Å². The van der Waals surface area contributed by atoms with Gasteiger partial charge in [0, 0.05) is 12.7 Å². The second kappa shape index (κ2) is 8.28. The number of nitrogens with zero attached hydrogens (tertiary/aromatic N) is 4. The minimum absolute atomic E-state index is 0.116. The molecule has 2 heterocycles. The van der Waals surface area contributed by atoms with Gasteiger partial charge in [0.1, 0.15) is 5.82 Å². The molecular weight excluding hydrogens is 460 g/mol. The molecule has 176 valence electrons. The third-order valence-electron chi connectivity index (χ3n) is 5.33. The van der Waals surface area contributed by atoms with Crippen molar-refractivity contribution in [2.45, 2.75) is 26.2 Å². The van der Waals surface area contributed by atoms with Crippen molar-refractivity contribution in [2.24, 2.45) is 0 Å². The summed E-state index contributed by atoms with van der Waals surface area (Å²) >= 11 is 0. The lowest BCUT2D eigenvalue weighted by atomic mass is 10.1. The van der Waals surface area contributed by atoms with E-state index in [9.17, 15) is 37.1 Å². The summed E-state index contributed by atoms with van der Waals surface area (Å²) in [4.78, 5) is 41.5. The van der Waals surface area contributed by atoms with Gasteiger partial charge in [-0.15, -0.1) is 0 Å². The number of hydrogen-bond donors (Lipinski definition) is 0. The van der Waals surface area contributed by atoms with Gasteiger partial charge in [-0.2, -0.15) is 13.2 Å². The lowest BCUT2D eigenvalue weighted by molar-refractivity contribution is -0.255. The van der Waals surface area contributed by atoms with Gasteiger partial charge in [-0.05, 0) is 36.8 Å². The number of aromatic nitrogens is 4. The Labute approximate surface area is 187 Å². The Morgan fingerprint density at radius 1 is 1.15 bits per heavy atom. The highest BCUT2D eigenvalue weighted by atomic mass is 19.4. The normalized spacial score (nSPS) is 11.8. The fourth-order valence-corrected chi connectivity index (χ4v) is 3.71. The largest absolute Gasteiger partial charge is 0.545 e. The van der Waals surface area contributed by atoms with Gasteiger partial charge < -0.3 is 14.5 Å². The van der Waals surface area contributed by atoms with E-state index in [-0.39, 0.29) is 5.69 Å². The maximum Gasteiger partial charge on any atom is 0.419 e. The van der Waals surface area contributed by atoms with Crippen LogP contribution in [-0.2, 0) is 19.3 Å². The van der Waals surface area contributed by atoms with Crippen molar-refractivity contribution < 1.29 is 27.5 Å². The molecule has 0 aliphatic heterocycles. The topological polar surface area (TPSA) is 102 Å². The average molecular weight is 475 g/mol. The molecule has 0 spiro atoms. The van der Waals surface area contributed by atoms with Crippen LogP contribution in [0.3, 0.4) is 0 Å². The summed E-state index contributed by atoms with van der Waals surface area (Å²) in [6.45, 7) is 1.49. The molecule has 12 heteroatoms. The molecule has 0 bridgehead atoms. The highest BCUT2D eigenvalue weighted by Crippen LogP contribution is 2.34. The number of carboxylic acids is 1. The zero-order chi connectivity index (χ0) is 24.8. The molecule has 0 unspecified atom stereocenters. The van der Waals surface area contributed by atoms with Gasteiger partial charge in [-0.1, -0.05) is 12.1 Å². The van der Waals surface area contributed by atoms with E-state index in [4.69, 9.17) is 0 Å². The van der Waals surface area contributed by atoms with Crippen molar-refractivity contribution in [3.8, 4) is 5.69 Å². The maximum atomic E-state index is 14.0. The van der Waals surface area contributed by atoms with E-state index in [2.05, 4.69) is 4.98 Å². The Morgan fingerprint density at radius 2 is 1.88 bits per heavy atom. The molecule has 4 rings (SSSR count). The molecule has 2 aromatic carbocycles. The van der Waals surface area contributed by atoms with Crippen LogP contribution in [0.5, 0.6) is 0 Å². The standard InChI is InChI=1S/C22H16F4N4O4/c1-2-28-11-27-16-8-13(6-7-17(16)28)29-10-14(20(32)33)19(31)30(21(29)34)9-12-4-3-5-15(23)18(12)22(24,25)26/h3-8,10-11H,2,9H2,1H3,(H,32,33)/p-1. The van der Waals surface area contributed by atoms with Crippen LogP contribution in [0, 0.1) is 5.82 Å². The lowest BCUT2D eigenvalue weighted by Gasteiger charge is -2.17. The summed E-state index contributed by atoms with van der Waals surface area (Å²) < 4.78 is 57.1. The van der Waals surface area contributed by atoms with Crippen LogP contribution in [-0.4, -0.2) is 24.7 Å². The molecule has 0 atom stereocenters. The summed E-state index contributed by atoms with van der Waals surface area (Å²) in [5.41, 5.74) is -4.53. The predicted octanol–water partition coefficient (Wildman–Crippen LogP) is 1.94. The smallest absolute Gasteiger partial charge is 0.419 e. The van der Waals surface area contributed by atoms with E-state index in [0.717, 1.165) is 28.4 Å². The van der Waals surface area contributed by atoms with Gasteiger partial charge in [0.15, 0.2) is 0 Å². The number of aryl methyl sites for hydroxylation is 1. The molecule has 0 amide bonds. The summed E-state index contributed by atoms with van der Waals surface area (Å²) in [5, 5.41) is 11.6. The van der Waals surface area contributed by atoms with Gasteiger partial charge in [-0.25, -0.2) is 14.2 Å². The third kappa shape index (κ3) is 3.87. The van der Waals surface area contributed by atoms with Crippen molar-refractivity contribution in [3.05, 3.63) is 92.3 Å². The first-order valence-corrected chi connectivity index (χ1v) is 9.90. The zero-order valence-electron chi connectivity index (χ0n) is 17.5. The number of imidazole rings is 1. The molecule has 0 fully saturated rings. The summed E-state index contributed by atoms with van der Waals surface area (Å²) in [7, 11) is 0. The fourth-order valence-electron chi connectivity index (χ4n) is 3.71.